The van der Waals surface area contributed by atoms with Crippen molar-refractivity contribution >= 4 is 40.0 Å². The summed E-state index contributed by atoms with van der Waals surface area (Å²) in [7, 11) is 1.95. The van der Waals surface area contributed by atoms with Gasteiger partial charge in [-0.3, -0.25) is 4.79 Å². The summed E-state index contributed by atoms with van der Waals surface area (Å²) in [6.07, 6.45) is 6.12. The third-order valence-electron chi connectivity index (χ3n) is 5.11. The minimum atomic E-state index is -0.343. The standard InChI is InChI=1S/C20H26N4O3S2/c1-11(2)27-19(26)16-13-6-4-5-7-14(13)29-18(16)21-15(25)10-28-20-23-22-17(24(20)3)12-8-9-12/h11-12H,4-10H2,1-3H3,(H,21,25). The number of ether oxygens (including phenoxy) is 1. The van der Waals surface area contributed by atoms with E-state index in [0.29, 0.717) is 16.5 Å². The fraction of sp³-hybridized carbons (Fsp3) is 0.600. The number of hydrogen-bond donors (Lipinski definition) is 1. The van der Waals surface area contributed by atoms with Crippen molar-refractivity contribution in [1.82, 2.24) is 14.8 Å². The maximum atomic E-state index is 12.7. The topological polar surface area (TPSA) is 86.1 Å². The molecule has 1 fully saturated rings. The Morgan fingerprint density at radius 3 is 2.76 bits per heavy atom. The smallest absolute Gasteiger partial charge is 0.341 e. The van der Waals surface area contributed by atoms with Gasteiger partial charge in [-0.15, -0.1) is 21.5 Å². The summed E-state index contributed by atoms with van der Waals surface area (Å²) in [6.45, 7) is 3.67. The zero-order valence-electron chi connectivity index (χ0n) is 17.0. The van der Waals surface area contributed by atoms with Crippen LogP contribution in [-0.2, 0) is 29.4 Å². The minimum absolute atomic E-state index is 0.150. The molecule has 0 aromatic carbocycles. The lowest BCUT2D eigenvalue weighted by Gasteiger charge is -2.14. The molecule has 0 bridgehead atoms. The number of thioether (sulfide) groups is 1. The van der Waals surface area contributed by atoms with E-state index in [1.165, 1.54) is 28.0 Å². The van der Waals surface area contributed by atoms with Gasteiger partial charge in [-0.2, -0.15) is 0 Å². The Bertz CT molecular complexity index is 931. The van der Waals surface area contributed by atoms with Gasteiger partial charge >= 0.3 is 5.97 Å². The van der Waals surface area contributed by atoms with Crippen LogP contribution in [0.3, 0.4) is 0 Å². The fourth-order valence-electron chi connectivity index (χ4n) is 3.58. The monoisotopic (exact) mass is 434 g/mol. The maximum absolute atomic E-state index is 12.7. The van der Waals surface area contributed by atoms with Crippen LogP contribution in [0.15, 0.2) is 5.16 Å². The second-order valence-electron chi connectivity index (χ2n) is 7.88. The molecule has 2 aliphatic carbocycles. The molecule has 7 nitrogen and oxygen atoms in total. The summed E-state index contributed by atoms with van der Waals surface area (Å²) in [5, 5.41) is 12.8. The Morgan fingerprint density at radius 2 is 2.03 bits per heavy atom. The summed E-state index contributed by atoms with van der Waals surface area (Å²) in [5.74, 6) is 1.24. The lowest BCUT2D eigenvalue weighted by molar-refractivity contribution is -0.113. The van der Waals surface area contributed by atoms with E-state index in [9.17, 15) is 9.59 Å². The molecule has 0 radical (unpaired) electrons. The number of anilines is 1. The minimum Gasteiger partial charge on any atom is -0.459 e. The van der Waals surface area contributed by atoms with Crippen LogP contribution in [0.4, 0.5) is 5.00 Å². The third kappa shape index (κ3) is 4.50. The first-order valence-corrected chi connectivity index (χ1v) is 11.9. The number of esters is 1. The van der Waals surface area contributed by atoms with E-state index >= 15 is 0 Å². The SMILES string of the molecule is CC(C)OC(=O)c1c(NC(=O)CSc2nnc(C3CC3)n2C)sc2c1CCCC2. The largest absolute Gasteiger partial charge is 0.459 e. The molecule has 2 aromatic rings. The molecular weight excluding hydrogens is 408 g/mol. The van der Waals surface area contributed by atoms with Crippen molar-refractivity contribution in [2.24, 2.45) is 7.05 Å². The molecule has 29 heavy (non-hydrogen) atoms. The molecule has 1 amide bonds. The molecule has 0 atom stereocenters. The molecule has 0 saturated heterocycles. The van der Waals surface area contributed by atoms with Gasteiger partial charge in [0.1, 0.15) is 10.8 Å². The molecule has 0 aliphatic heterocycles. The molecular formula is C20H26N4O3S2. The number of nitrogens with zero attached hydrogens (tertiary/aromatic N) is 3. The van der Waals surface area contributed by atoms with E-state index in [0.717, 1.165) is 55.1 Å². The van der Waals surface area contributed by atoms with Crippen LogP contribution in [0, 0.1) is 0 Å². The number of amides is 1. The number of fused-ring (bicyclic) bond motifs is 1. The van der Waals surface area contributed by atoms with E-state index < -0.39 is 0 Å². The van der Waals surface area contributed by atoms with Gasteiger partial charge in [-0.25, -0.2) is 4.79 Å². The molecule has 1 N–H and O–H groups in total. The number of aromatic nitrogens is 3. The average Bonchev–Trinajstić information content (AvgIpc) is 3.34. The number of aryl methyl sites for hydroxylation is 1. The molecule has 1 saturated carbocycles. The van der Waals surface area contributed by atoms with E-state index in [1.54, 1.807) is 0 Å². The fourth-order valence-corrected chi connectivity index (χ4v) is 5.60. The van der Waals surface area contributed by atoms with Gasteiger partial charge in [0.25, 0.3) is 0 Å². The number of carbonyl (C=O) groups is 2. The van der Waals surface area contributed by atoms with Crippen molar-refractivity contribution in [3.8, 4) is 0 Å². The second kappa shape index (κ2) is 8.47. The zero-order chi connectivity index (χ0) is 20.5. The second-order valence-corrected chi connectivity index (χ2v) is 9.93. The van der Waals surface area contributed by atoms with Crippen molar-refractivity contribution in [3.63, 3.8) is 0 Å². The highest BCUT2D eigenvalue weighted by Crippen LogP contribution is 2.40. The lowest BCUT2D eigenvalue weighted by Crippen LogP contribution is -2.19. The predicted molar refractivity (Wildman–Crippen MR) is 114 cm³/mol. The Hall–Kier alpha value is -1.87. The molecule has 0 spiro atoms. The van der Waals surface area contributed by atoms with Crippen molar-refractivity contribution in [1.29, 1.82) is 0 Å². The van der Waals surface area contributed by atoms with Crippen LogP contribution in [0.1, 0.15) is 72.1 Å². The van der Waals surface area contributed by atoms with Gasteiger partial charge in [-0.1, -0.05) is 11.8 Å². The van der Waals surface area contributed by atoms with Gasteiger partial charge in [0, 0.05) is 17.8 Å². The number of hydrogen-bond acceptors (Lipinski definition) is 7. The molecule has 9 heteroatoms. The summed E-state index contributed by atoms with van der Waals surface area (Å²) in [5.41, 5.74) is 1.60. The lowest BCUT2D eigenvalue weighted by atomic mass is 9.95. The highest BCUT2D eigenvalue weighted by Gasteiger charge is 2.30. The van der Waals surface area contributed by atoms with Gasteiger partial charge < -0.3 is 14.6 Å². The van der Waals surface area contributed by atoms with Crippen LogP contribution in [0.25, 0.3) is 0 Å². The summed E-state index contributed by atoms with van der Waals surface area (Å²) in [6, 6.07) is 0. The molecule has 4 rings (SSSR count). The van der Waals surface area contributed by atoms with E-state index in [1.807, 2.05) is 25.5 Å². The molecule has 156 valence electrons. The maximum Gasteiger partial charge on any atom is 0.341 e. The number of carbonyl (C=O) groups excluding carboxylic acids is 2. The van der Waals surface area contributed by atoms with Crippen LogP contribution in [0.5, 0.6) is 0 Å². The molecule has 0 unspecified atom stereocenters. The average molecular weight is 435 g/mol. The van der Waals surface area contributed by atoms with Crippen LogP contribution in [0.2, 0.25) is 0 Å². The van der Waals surface area contributed by atoms with Crippen molar-refractivity contribution in [2.45, 2.75) is 69.6 Å². The summed E-state index contributed by atoms with van der Waals surface area (Å²) in [4.78, 5) is 26.5. The van der Waals surface area contributed by atoms with Gasteiger partial charge in [0.05, 0.1) is 17.4 Å². The Kier molecular flexibility index (Phi) is 5.96. The Morgan fingerprint density at radius 1 is 1.28 bits per heavy atom. The first-order chi connectivity index (χ1) is 13.9. The molecule has 2 aliphatic rings. The number of nitrogens with one attached hydrogen (secondary N) is 1. The zero-order valence-corrected chi connectivity index (χ0v) is 18.6. The molecule has 2 aromatic heterocycles. The van der Waals surface area contributed by atoms with Gasteiger partial charge in [0.2, 0.25) is 5.91 Å². The van der Waals surface area contributed by atoms with Crippen LogP contribution < -0.4 is 5.32 Å². The van der Waals surface area contributed by atoms with E-state index in [4.69, 9.17) is 4.74 Å². The first-order valence-electron chi connectivity index (χ1n) is 10.1. The normalized spacial score (nSPS) is 16.0. The van der Waals surface area contributed by atoms with E-state index in [-0.39, 0.29) is 23.7 Å². The summed E-state index contributed by atoms with van der Waals surface area (Å²) >= 11 is 2.88. The highest BCUT2D eigenvalue weighted by atomic mass is 32.2. The third-order valence-corrected chi connectivity index (χ3v) is 7.34. The first kappa shape index (κ1) is 20.4. The van der Waals surface area contributed by atoms with E-state index in [2.05, 4.69) is 15.5 Å². The number of thiophene rings is 1. The van der Waals surface area contributed by atoms with Gasteiger partial charge in [0.15, 0.2) is 5.16 Å². The Labute approximate surface area is 178 Å². The number of rotatable bonds is 7. The van der Waals surface area contributed by atoms with Crippen LogP contribution in [-0.4, -0.2) is 38.5 Å². The van der Waals surface area contributed by atoms with Gasteiger partial charge in [-0.05, 0) is 57.9 Å². The molecule has 2 heterocycles. The van der Waals surface area contributed by atoms with Crippen LogP contribution >= 0.6 is 23.1 Å². The quantitative estimate of drug-likeness (QED) is 0.525. The Balaban J connectivity index is 1.46. The highest BCUT2D eigenvalue weighted by molar-refractivity contribution is 7.99. The predicted octanol–water partition coefficient (Wildman–Crippen LogP) is 3.93. The van der Waals surface area contributed by atoms with Crippen molar-refractivity contribution in [2.75, 3.05) is 11.1 Å². The summed E-state index contributed by atoms with van der Waals surface area (Å²) < 4.78 is 7.43. The van der Waals surface area contributed by atoms with Crippen molar-refractivity contribution < 1.29 is 14.3 Å². The van der Waals surface area contributed by atoms with Crippen molar-refractivity contribution in [3.05, 3.63) is 21.8 Å².